The van der Waals surface area contributed by atoms with E-state index in [1.54, 1.807) is 6.92 Å². The first-order valence-electron chi connectivity index (χ1n) is 5.28. The second kappa shape index (κ2) is 5.01. The Balaban J connectivity index is 0.000000160. The molecule has 2 fully saturated rings. The summed E-state index contributed by atoms with van der Waals surface area (Å²) in [6.07, 6.45) is 1.74. The smallest absolute Gasteiger partial charge is 0.229 e. The number of amides is 2. The van der Waals surface area contributed by atoms with Gasteiger partial charge >= 0.3 is 0 Å². The molecule has 5 heteroatoms. The van der Waals surface area contributed by atoms with Crippen molar-refractivity contribution in [2.24, 2.45) is 5.92 Å². The summed E-state index contributed by atoms with van der Waals surface area (Å²) in [5, 5.41) is 0. The Morgan fingerprint density at radius 1 is 0.875 bits per heavy atom. The Bertz CT molecular complexity index is 282. The van der Waals surface area contributed by atoms with Crippen LogP contribution in [0.2, 0.25) is 0 Å². The number of Topliss-reactive ketones (excluding diaryl/α,β-unsaturated/α-hetero) is 2. The monoisotopic (exact) mass is 225 g/mol. The number of likely N-dealkylation sites (tertiary alicyclic amines) is 1. The van der Waals surface area contributed by atoms with E-state index in [4.69, 9.17) is 0 Å². The number of rotatable bonds is 0. The van der Waals surface area contributed by atoms with Crippen molar-refractivity contribution in [1.82, 2.24) is 4.90 Å². The van der Waals surface area contributed by atoms with Crippen molar-refractivity contribution in [3.8, 4) is 0 Å². The minimum Gasteiger partial charge on any atom is -0.299 e. The number of nitrogens with zero attached hydrogens (tertiary/aromatic N) is 1. The van der Waals surface area contributed by atoms with Gasteiger partial charge < -0.3 is 0 Å². The molecule has 0 atom stereocenters. The highest BCUT2D eigenvalue weighted by Gasteiger charge is 2.27. The maximum atomic E-state index is 10.6. The zero-order valence-corrected chi connectivity index (χ0v) is 9.49. The quantitative estimate of drug-likeness (QED) is 0.439. The SMILES string of the molecule is CC1C(=O)CCC1=O.CN1C(=O)CCC1=O. The Morgan fingerprint density at radius 2 is 1.25 bits per heavy atom. The van der Waals surface area contributed by atoms with Crippen LogP contribution in [0.25, 0.3) is 0 Å². The van der Waals surface area contributed by atoms with E-state index in [-0.39, 0.29) is 29.3 Å². The van der Waals surface area contributed by atoms with Gasteiger partial charge in [0.2, 0.25) is 11.8 Å². The van der Waals surface area contributed by atoms with Crippen LogP contribution in [0.5, 0.6) is 0 Å². The molecule has 1 aliphatic carbocycles. The average Bonchev–Trinajstić information content (AvgIpc) is 2.70. The fraction of sp³-hybridized carbons (Fsp3) is 0.636. The van der Waals surface area contributed by atoms with Crippen molar-refractivity contribution < 1.29 is 19.2 Å². The molecule has 0 aromatic heterocycles. The molecule has 88 valence electrons. The Hall–Kier alpha value is -1.52. The molecule has 0 spiro atoms. The van der Waals surface area contributed by atoms with Crippen LogP contribution in [-0.2, 0) is 19.2 Å². The lowest BCUT2D eigenvalue weighted by Crippen LogP contribution is -2.23. The normalized spacial score (nSPS) is 21.5. The van der Waals surface area contributed by atoms with E-state index in [0.29, 0.717) is 25.7 Å². The highest BCUT2D eigenvalue weighted by atomic mass is 16.2. The Labute approximate surface area is 93.8 Å². The maximum Gasteiger partial charge on any atom is 0.229 e. The van der Waals surface area contributed by atoms with Crippen LogP contribution >= 0.6 is 0 Å². The zero-order valence-electron chi connectivity index (χ0n) is 9.49. The van der Waals surface area contributed by atoms with Crippen molar-refractivity contribution in [2.75, 3.05) is 7.05 Å². The molecule has 2 aliphatic rings. The van der Waals surface area contributed by atoms with E-state index >= 15 is 0 Å². The number of hydrogen-bond acceptors (Lipinski definition) is 4. The van der Waals surface area contributed by atoms with Crippen LogP contribution in [0.3, 0.4) is 0 Å². The third-order valence-electron chi connectivity index (χ3n) is 2.88. The highest BCUT2D eigenvalue weighted by molar-refractivity contribution is 6.08. The van der Waals surface area contributed by atoms with Crippen molar-refractivity contribution in [3.63, 3.8) is 0 Å². The molecule has 1 aliphatic heterocycles. The van der Waals surface area contributed by atoms with Crippen LogP contribution in [0.1, 0.15) is 32.6 Å². The number of carbonyl (C=O) groups excluding carboxylic acids is 4. The van der Waals surface area contributed by atoms with Gasteiger partial charge in [0, 0.05) is 32.7 Å². The molecule has 1 heterocycles. The summed E-state index contributed by atoms with van der Waals surface area (Å²) in [6, 6.07) is 0. The standard InChI is InChI=1S/C6H8O2.C5H7NO2/c1-4-5(7)2-3-6(4)8;1-6-4(7)2-3-5(6)8/h4H,2-3H2,1H3;2-3H2,1H3. The average molecular weight is 225 g/mol. The predicted octanol–water partition coefficient (Wildman–Crippen LogP) is 0.320. The van der Waals surface area contributed by atoms with E-state index in [1.807, 2.05) is 0 Å². The first-order valence-corrected chi connectivity index (χ1v) is 5.28. The molecule has 1 saturated heterocycles. The molecule has 0 N–H and O–H groups in total. The third-order valence-corrected chi connectivity index (χ3v) is 2.88. The van der Waals surface area contributed by atoms with Crippen LogP contribution in [0.15, 0.2) is 0 Å². The van der Waals surface area contributed by atoms with Gasteiger partial charge in [0.05, 0.1) is 5.92 Å². The van der Waals surface area contributed by atoms with E-state index in [0.717, 1.165) is 0 Å². The summed E-state index contributed by atoms with van der Waals surface area (Å²) in [5.74, 6) is -0.204. The first-order chi connectivity index (χ1) is 7.43. The second-order valence-corrected chi connectivity index (χ2v) is 4.00. The summed E-state index contributed by atoms with van der Waals surface area (Å²) < 4.78 is 0. The molecule has 0 unspecified atom stereocenters. The minimum atomic E-state index is -0.296. The van der Waals surface area contributed by atoms with Gasteiger partial charge in [-0.1, -0.05) is 0 Å². The lowest BCUT2D eigenvalue weighted by molar-refractivity contribution is -0.136. The van der Waals surface area contributed by atoms with Crippen LogP contribution < -0.4 is 0 Å². The lowest BCUT2D eigenvalue weighted by Gasteiger charge is -2.01. The molecule has 0 bridgehead atoms. The fourth-order valence-corrected chi connectivity index (χ4v) is 1.55. The topological polar surface area (TPSA) is 71.5 Å². The summed E-state index contributed by atoms with van der Waals surface area (Å²) in [6.45, 7) is 1.68. The summed E-state index contributed by atoms with van der Waals surface area (Å²) >= 11 is 0. The van der Waals surface area contributed by atoms with Gasteiger partial charge in [-0.3, -0.25) is 24.1 Å². The molecular weight excluding hydrogens is 210 g/mol. The largest absolute Gasteiger partial charge is 0.299 e. The van der Waals surface area contributed by atoms with Gasteiger partial charge in [-0.05, 0) is 6.92 Å². The number of ketones is 2. The summed E-state index contributed by atoms with van der Waals surface area (Å²) in [4.78, 5) is 43.3. The van der Waals surface area contributed by atoms with Crippen LogP contribution in [0.4, 0.5) is 0 Å². The van der Waals surface area contributed by atoms with Gasteiger partial charge in [-0.15, -0.1) is 0 Å². The Morgan fingerprint density at radius 3 is 1.38 bits per heavy atom. The molecule has 1 saturated carbocycles. The first kappa shape index (κ1) is 12.5. The zero-order chi connectivity index (χ0) is 12.3. The fourth-order valence-electron chi connectivity index (χ4n) is 1.55. The third kappa shape index (κ3) is 2.74. The highest BCUT2D eigenvalue weighted by Crippen LogP contribution is 2.15. The Kier molecular flexibility index (Phi) is 3.93. The molecular formula is C11H15NO4. The van der Waals surface area contributed by atoms with E-state index < -0.39 is 0 Å². The second-order valence-electron chi connectivity index (χ2n) is 4.00. The van der Waals surface area contributed by atoms with Gasteiger partial charge in [0.25, 0.3) is 0 Å². The molecule has 0 aromatic rings. The van der Waals surface area contributed by atoms with Gasteiger partial charge in [-0.25, -0.2) is 0 Å². The van der Waals surface area contributed by atoms with Crippen molar-refractivity contribution in [3.05, 3.63) is 0 Å². The van der Waals surface area contributed by atoms with Crippen molar-refractivity contribution in [1.29, 1.82) is 0 Å². The molecule has 16 heavy (non-hydrogen) atoms. The molecule has 2 amide bonds. The number of hydrogen-bond donors (Lipinski definition) is 0. The van der Waals surface area contributed by atoms with Gasteiger partial charge in [-0.2, -0.15) is 0 Å². The predicted molar refractivity (Wildman–Crippen MR) is 55.4 cm³/mol. The molecule has 0 radical (unpaired) electrons. The minimum absolute atomic E-state index is 0.0602. The van der Waals surface area contributed by atoms with E-state index in [1.165, 1.54) is 11.9 Å². The van der Waals surface area contributed by atoms with Gasteiger partial charge in [0.1, 0.15) is 11.6 Å². The van der Waals surface area contributed by atoms with E-state index in [9.17, 15) is 19.2 Å². The van der Waals surface area contributed by atoms with Crippen molar-refractivity contribution in [2.45, 2.75) is 32.6 Å². The molecule has 5 nitrogen and oxygen atoms in total. The van der Waals surface area contributed by atoms with Crippen LogP contribution in [-0.4, -0.2) is 35.3 Å². The van der Waals surface area contributed by atoms with Crippen molar-refractivity contribution >= 4 is 23.4 Å². The molecule has 2 rings (SSSR count). The summed E-state index contributed by atoms with van der Waals surface area (Å²) in [7, 11) is 1.51. The number of carbonyl (C=O) groups is 4. The lowest BCUT2D eigenvalue weighted by atomic mass is 10.1. The number of imide groups is 1. The van der Waals surface area contributed by atoms with E-state index in [2.05, 4.69) is 0 Å². The maximum absolute atomic E-state index is 10.6. The van der Waals surface area contributed by atoms with Gasteiger partial charge in [0.15, 0.2) is 0 Å². The summed E-state index contributed by atoms with van der Waals surface area (Å²) in [5.41, 5.74) is 0. The molecule has 0 aromatic carbocycles. The van der Waals surface area contributed by atoms with Crippen LogP contribution in [0, 0.1) is 5.92 Å².